The minimum atomic E-state index is -0.185. The number of hydrogen-bond donors (Lipinski definition) is 0. The fourth-order valence-corrected chi connectivity index (χ4v) is 1.09. The lowest BCUT2D eigenvalue weighted by Crippen LogP contribution is -2.20. The second-order valence-corrected chi connectivity index (χ2v) is 2.66. The van der Waals surface area contributed by atoms with Crippen LogP contribution in [0.3, 0.4) is 0 Å². The van der Waals surface area contributed by atoms with Crippen molar-refractivity contribution in [3.05, 3.63) is 11.6 Å². The van der Waals surface area contributed by atoms with Gasteiger partial charge in [-0.1, -0.05) is 12.5 Å². The molecule has 0 radical (unpaired) electrons. The third-order valence-electron chi connectivity index (χ3n) is 1.65. The van der Waals surface area contributed by atoms with Crippen LogP contribution in [0, 0.1) is 0 Å². The molecule has 0 fully saturated rings. The highest BCUT2D eigenvalue weighted by Crippen LogP contribution is 2.16. The number of carbonyl (C=O) groups excluding carboxylic acids is 1. The van der Waals surface area contributed by atoms with E-state index >= 15 is 0 Å². The van der Waals surface area contributed by atoms with Crippen molar-refractivity contribution in [2.24, 2.45) is 0 Å². The first kappa shape index (κ1) is 7.32. The van der Waals surface area contributed by atoms with Gasteiger partial charge in [-0.15, -0.1) is 0 Å². The van der Waals surface area contributed by atoms with Crippen LogP contribution >= 0.6 is 0 Å². The molecule has 2 heteroatoms. The predicted octanol–water partition coefficient (Wildman–Crippen LogP) is 1.66. The van der Waals surface area contributed by atoms with Crippen LogP contribution in [0.1, 0.15) is 26.7 Å². The fraction of sp³-hybridized carbons (Fsp3) is 0.625. The van der Waals surface area contributed by atoms with Crippen molar-refractivity contribution in [1.29, 1.82) is 0 Å². The van der Waals surface area contributed by atoms with Crippen molar-refractivity contribution in [3.8, 4) is 0 Å². The fourth-order valence-electron chi connectivity index (χ4n) is 1.09. The van der Waals surface area contributed by atoms with Crippen molar-refractivity contribution < 1.29 is 9.53 Å². The van der Waals surface area contributed by atoms with Gasteiger partial charge in [-0.25, -0.2) is 4.79 Å². The quantitative estimate of drug-likeness (QED) is 0.518. The lowest BCUT2D eigenvalue weighted by molar-refractivity contribution is -0.144. The summed E-state index contributed by atoms with van der Waals surface area (Å²) in [5, 5.41) is 0. The molecule has 10 heavy (non-hydrogen) atoms. The molecule has 1 atom stereocenters. The van der Waals surface area contributed by atoms with Crippen LogP contribution in [-0.2, 0) is 9.53 Å². The first-order valence-corrected chi connectivity index (χ1v) is 3.60. The Hall–Kier alpha value is -0.790. The highest BCUT2D eigenvalue weighted by Gasteiger charge is 2.16. The second kappa shape index (κ2) is 2.86. The summed E-state index contributed by atoms with van der Waals surface area (Å²) in [6.07, 6.45) is 3.50. The van der Waals surface area contributed by atoms with Gasteiger partial charge >= 0.3 is 5.97 Å². The molecule has 0 N–H and O–H groups in total. The first-order chi connectivity index (χ1) is 4.72. The number of carbonyl (C=O) groups is 1. The summed E-state index contributed by atoms with van der Waals surface area (Å²) < 4.78 is 4.99. The number of cyclic esters (lactones) is 1. The van der Waals surface area contributed by atoms with Gasteiger partial charge in [0.05, 0.1) is 0 Å². The molecule has 1 aliphatic rings. The molecule has 0 aromatic rings. The van der Waals surface area contributed by atoms with Gasteiger partial charge in [-0.2, -0.15) is 0 Å². The summed E-state index contributed by atoms with van der Waals surface area (Å²) in [5.41, 5.74) is 1.13. The van der Waals surface area contributed by atoms with Crippen LogP contribution in [-0.4, -0.2) is 12.1 Å². The molecule has 1 rings (SSSR count). The van der Waals surface area contributed by atoms with Gasteiger partial charge in [-0.05, 0) is 13.3 Å². The summed E-state index contributed by atoms with van der Waals surface area (Å²) in [5.74, 6) is -0.185. The van der Waals surface area contributed by atoms with Gasteiger partial charge in [0.1, 0.15) is 6.10 Å². The SMILES string of the molecule is CC[C@H]1CC(C)=CC(=O)O1. The highest BCUT2D eigenvalue weighted by molar-refractivity contribution is 5.83. The summed E-state index contributed by atoms with van der Waals surface area (Å²) in [6, 6.07) is 0. The Kier molecular flexibility index (Phi) is 2.10. The molecular weight excluding hydrogens is 128 g/mol. The maximum absolute atomic E-state index is 10.7. The average molecular weight is 140 g/mol. The third-order valence-corrected chi connectivity index (χ3v) is 1.65. The maximum Gasteiger partial charge on any atom is 0.330 e. The van der Waals surface area contributed by atoms with Crippen LogP contribution in [0.2, 0.25) is 0 Å². The van der Waals surface area contributed by atoms with Gasteiger partial charge < -0.3 is 4.74 Å². The zero-order valence-corrected chi connectivity index (χ0v) is 6.39. The molecule has 0 unspecified atom stereocenters. The number of rotatable bonds is 1. The minimum absolute atomic E-state index is 0.123. The van der Waals surface area contributed by atoms with Crippen molar-refractivity contribution in [2.75, 3.05) is 0 Å². The second-order valence-electron chi connectivity index (χ2n) is 2.66. The molecule has 0 aliphatic carbocycles. The highest BCUT2D eigenvalue weighted by atomic mass is 16.5. The molecule has 1 aliphatic heterocycles. The molecule has 0 saturated carbocycles. The van der Waals surface area contributed by atoms with Gasteiger partial charge in [0.25, 0.3) is 0 Å². The van der Waals surface area contributed by atoms with Crippen molar-refractivity contribution in [3.63, 3.8) is 0 Å². The molecule has 56 valence electrons. The number of hydrogen-bond acceptors (Lipinski definition) is 2. The normalized spacial score (nSPS) is 25.6. The van der Waals surface area contributed by atoms with Crippen LogP contribution in [0.4, 0.5) is 0 Å². The van der Waals surface area contributed by atoms with E-state index in [2.05, 4.69) is 0 Å². The Morgan fingerprint density at radius 2 is 2.50 bits per heavy atom. The van der Waals surface area contributed by atoms with Crippen LogP contribution < -0.4 is 0 Å². The largest absolute Gasteiger partial charge is 0.459 e. The summed E-state index contributed by atoms with van der Waals surface area (Å²) in [6.45, 7) is 3.99. The standard InChI is InChI=1S/C8H12O2/c1-3-7-4-6(2)5-8(9)10-7/h5,7H,3-4H2,1-2H3/t7-/m0/s1. The van der Waals surface area contributed by atoms with E-state index in [0.29, 0.717) is 0 Å². The van der Waals surface area contributed by atoms with Crippen molar-refractivity contribution in [2.45, 2.75) is 32.8 Å². The van der Waals surface area contributed by atoms with Gasteiger partial charge in [0, 0.05) is 12.5 Å². The number of ether oxygens (including phenoxy) is 1. The summed E-state index contributed by atoms with van der Waals surface area (Å²) >= 11 is 0. The lowest BCUT2D eigenvalue weighted by Gasteiger charge is -2.19. The summed E-state index contributed by atoms with van der Waals surface area (Å²) in [4.78, 5) is 10.7. The van der Waals surface area contributed by atoms with Gasteiger partial charge in [0.2, 0.25) is 0 Å². The summed E-state index contributed by atoms with van der Waals surface area (Å²) in [7, 11) is 0. The van der Waals surface area contributed by atoms with Gasteiger partial charge in [-0.3, -0.25) is 0 Å². The lowest BCUT2D eigenvalue weighted by atomic mass is 10.1. The zero-order chi connectivity index (χ0) is 7.56. The zero-order valence-electron chi connectivity index (χ0n) is 6.39. The minimum Gasteiger partial charge on any atom is -0.459 e. The topological polar surface area (TPSA) is 26.3 Å². The van der Waals surface area contributed by atoms with E-state index < -0.39 is 0 Å². The molecule has 0 amide bonds. The Balaban J connectivity index is 2.60. The molecular formula is C8H12O2. The average Bonchev–Trinajstić information content (AvgIpc) is 1.85. The van der Waals surface area contributed by atoms with Crippen LogP contribution in [0.25, 0.3) is 0 Å². The van der Waals surface area contributed by atoms with E-state index in [-0.39, 0.29) is 12.1 Å². The molecule has 1 heterocycles. The van der Waals surface area contributed by atoms with E-state index in [9.17, 15) is 4.79 Å². The predicted molar refractivity (Wildman–Crippen MR) is 38.5 cm³/mol. The molecule has 0 spiro atoms. The molecule has 0 aromatic carbocycles. The first-order valence-electron chi connectivity index (χ1n) is 3.60. The third kappa shape index (κ3) is 1.59. The van der Waals surface area contributed by atoms with E-state index in [4.69, 9.17) is 4.74 Å². The monoisotopic (exact) mass is 140 g/mol. The Bertz CT molecular complexity index is 170. The Morgan fingerprint density at radius 1 is 1.80 bits per heavy atom. The van der Waals surface area contributed by atoms with E-state index in [1.165, 1.54) is 0 Å². The van der Waals surface area contributed by atoms with E-state index in [0.717, 1.165) is 18.4 Å². The van der Waals surface area contributed by atoms with E-state index in [1.54, 1.807) is 6.08 Å². The molecule has 0 aromatic heterocycles. The molecule has 0 saturated heterocycles. The Labute approximate surface area is 60.9 Å². The van der Waals surface area contributed by atoms with Crippen LogP contribution in [0.15, 0.2) is 11.6 Å². The Morgan fingerprint density at radius 3 is 3.00 bits per heavy atom. The van der Waals surface area contributed by atoms with Crippen LogP contribution in [0.5, 0.6) is 0 Å². The van der Waals surface area contributed by atoms with Crippen molar-refractivity contribution >= 4 is 5.97 Å². The number of esters is 1. The van der Waals surface area contributed by atoms with Crippen molar-refractivity contribution in [1.82, 2.24) is 0 Å². The van der Waals surface area contributed by atoms with E-state index in [1.807, 2.05) is 13.8 Å². The van der Waals surface area contributed by atoms with Gasteiger partial charge in [0.15, 0.2) is 0 Å². The molecule has 2 nitrogen and oxygen atoms in total. The molecule has 0 bridgehead atoms. The maximum atomic E-state index is 10.7. The smallest absolute Gasteiger partial charge is 0.330 e.